The van der Waals surface area contributed by atoms with Crippen LogP contribution in [0.15, 0.2) is 72.8 Å². The Morgan fingerprint density at radius 2 is 1.45 bits per heavy atom. The van der Waals surface area contributed by atoms with Crippen LogP contribution in [0.4, 0.5) is 0 Å². The van der Waals surface area contributed by atoms with Crippen LogP contribution >= 0.6 is 0 Å². The predicted molar refractivity (Wildman–Crippen MR) is 123 cm³/mol. The number of hydrogen-bond donors (Lipinski definition) is 0. The van der Waals surface area contributed by atoms with E-state index in [9.17, 15) is 4.79 Å². The van der Waals surface area contributed by atoms with Crippen molar-refractivity contribution in [2.45, 2.75) is 56.5 Å². The maximum atomic E-state index is 13.6. The average Bonchev–Trinajstić information content (AvgIpc) is 3.34. The van der Waals surface area contributed by atoms with Gasteiger partial charge in [0, 0.05) is 5.41 Å². The van der Waals surface area contributed by atoms with E-state index in [1.807, 2.05) is 18.2 Å². The summed E-state index contributed by atoms with van der Waals surface area (Å²) in [6.07, 6.45) is 5.41. The van der Waals surface area contributed by atoms with Crippen LogP contribution in [0, 0.1) is 5.41 Å². The van der Waals surface area contributed by atoms with Gasteiger partial charge in [0.05, 0.1) is 13.2 Å². The van der Waals surface area contributed by atoms with Crippen molar-refractivity contribution in [2.75, 3.05) is 7.11 Å². The Kier molecular flexibility index (Phi) is 4.60. The molecule has 2 aliphatic heterocycles. The molecule has 4 nitrogen and oxygen atoms in total. The Hall–Kier alpha value is -2.21. The summed E-state index contributed by atoms with van der Waals surface area (Å²) in [6.45, 7) is 6.69. The van der Waals surface area contributed by atoms with Crippen molar-refractivity contribution in [3.63, 3.8) is 0 Å². The first-order valence-corrected chi connectivity index (χ1v) is 13.0. The fourth-order valence-corrected chi connectivity index (χ4v) is 10.7. The van der Waals surface area contributed by atoms with E-state index in [1.165, 1.54) is 7.11 Å². The number of methoxy groups -OCH3 is 1. The van der Waals surface area contributed by atoms with Gasteiger partial charge in [-0.05, 0) is 28.3 Å². The van der Waals surface area contributed by atoms with Crippen LogP contribution in [-0.2, 0) is 18.7 Å². The fourth-order valence-electron chi connectivity index (χ4n) is 5.84. The smallest absolute Gasteiger partial charge is 0.340 e. The van der Waals surface area contributed by atoms with Gasteiger partial charge in [0.25, 0.3) is 8.32 Å². The van der Waals surface area contributed by atoms with Crippen LogP contribution in [0.5, 0.6) is 0 Å². The zero-order valence-corrected chi connectivity index (χ0v) is 19.6. The number of benzene rings is 2. The van der Waals surface area contributed by atoms with Crippen molar-refractivity contribution in [3.8, 4) is 0 Å². The zero-order chi connectivity index (χ0) is 21.9. The molecule has 0 N–H and O–H groups in total. The minimum atomic E-state index is -2.97. The Morgan fingerprint density at radius 3 is 1.90 bits per heavy atom. The van der Waals surface area contributed by atoms with Crippen LogP contribution in [0.3, 0.4) is 0 Å². The molecule has 0 radical (unpaired) electrons. The van der Waals surface area contributed by atoms with Gasteiger partial charge < -0.3 is 13.9 Å². The second kappa shape index (κ2) is 6.89. The summed E-state index contributed by atoms with van der Waals surface area (Å²) in [7, 11) is -1.50. The van der Waals surface area contributed by atoms with Gasteiger partial charge >= 0.3 is 5.97 Å². The minimum absolute atomic E-state index is 0.0881. The third-order valence-electron chi connectivity index (χ3n) is 7.45. The Morgan fingerprint density at radius 1 is 0.935 bits per heavy atom. The second-order valence-corrected chi connectivity index (χ2v) is 14.2. The largest absolute Gasteiger partial charge is 0.467 e. The maximum Gasteiger partial charge on any atom is 0.340 e. The van der Waals surface area contributed by atoms with E-state index in [-0.39, 0.29) is 22.5 Å². The molecule has 2 aromatic rings. The molecule has 1 aliphatic carbocycles. The monoisotopic (exact) mass is 434 g/mol. The van der Waals surface area contributed by atoms with Crippen molar-refractivity contribution in [1.82, 2.24) is 0 Å². The molecule has 2 heterocycles. The molecule has 0 aromatic heterocycles. The molecule has 1 spiro atoms. The molecule has 3 atom stereocenters. The Balaban J connectivity index is 1.78. The molecule has 2 fully saturated rings. The van der Waals surface area contributed by atoms with Gasteiger partial charge in [-0.1, -0.05) is 93.6 Å². The molecule has 5 heteroatoms. The van der Waals surface area contributed by atoms with Crippen molar-refractivity contribution in [2.24, 2.45) is 5.41 Å². The lowest BCUT2D eigenvalue weighted by Gasteiger charge is -2.50. The quantitative estimate of drug-likeness (QED) is 0.410. The Labute approximate surface area is 185 Å². The summed E-state index contributed by atoms with van der Waals surface area (Å²) in [6, 6.07) is 20.9. The first-order chi connectivity index (χ1) is 14.8. The van der Waals surface area contributed by atoms with Gasteiger partial charge in [-0.25, -0.2) is 4.79 Å². The molecule has 0 amide bonds. The molecule has 162 valence electrons. The summed E-state index contributed by atoms with van der Waals surface area (Å²) < 4.78 is 19.2. The normalized spacial score (nSPS) is 28.1. The van der Waals surface area contributed by atoms with Crippen molar-refractivity contribution in [1.29, 1.82) is 0 Å². The molecule has 1 saturated heterocycles. The highest BCUT2D eigenvalue weighted by molar-refractivity contribution is 6.99. The van der Waals surface area contributed by atoms with E-state index >= 15 is 0 Å². The number of hydrogen-bond acceptors (Lipinski definition) is 4. The van der Waals surface area contributed by atoms with Gasteiger partial charge in [-0.3, -0.25) is 0 Å². The van der Waals surface area contributed by atoms with Crippen molar-refractivity contribution >= 4 is 24.7 Å². The number of fused-ring (bicyclic) bond motifs is 3. The molecule has 1 saturated carbocycles. The molecule has 2 bridgehead atoms. The summed E-state index contributed by atoms with van der Waals surface area (Å²) in [4.78, 5) is 13.6. The van der Waals surface area contributed by atoms with Gasteiger partial charge in [-0.15, -0.1) is 0 Å². The van der Waals surface area contributed by atoms with Crippen molar-refractivity contribution < 1.29 is 18.7 Å². The number of rotatable bonds is 5. The Bertz CT molecular complexity index is 967. The van der Waals surface area contributed by atoms with Crippen LogP contribution in [0.1, 0.15) is 33.6 Å². The average molecular weight is 435 g/mol. The lowest BCUT2D eigenvalue weighted by molar-refractivity contribution is -0.168. The number of ether oxygens (including phenoxy) is 2. The highest BCUT2D eigenvalue weighted by Gasteiger charge is 2.79. The highest BCUT2D eigenvalue weighted by Crippen LogP contribution is 2.68. The molecule has 2 aromatic carbocycles. The van der Waals surface area contributed by atoms with Crippen LogP contribution < -0.4 is 10.4 Å². The van der Waals surface area contributed by atoms with E-state index in [4.69, 9.17) is 13.9 Å². The topological polar surface area (TPSA) is 44.8 Å². The SMILES string of the molecule is COC(=O)[C@]1(O[Si](c2ccccc2)(c2ccccc2)C(C)(C)C)[C@H]2C=C[C@H](O2)C12CC2. The molecule has 3 aliphatic rings. The van der Waals surface area contributed by atoms with Gasteiger partial charge in [-0.2, -0.15) is 0 Å². The number of esters is 1. The van der Waals surface area contributed by atoms with E-state index in [0.717, 1.165) is 23.2 Å². The third kappa shape index (κ3) is 2.63. The van der Waals surface area contributed by atoms with Gasteiger partial charge in [0.2, 0.25) is 0 Å². The minimum Gasteiger partial charge on any atom is -0.467 e. The van der Waals surface area contributed by atoms with E-state index in [0.29, 0.717) is 0 Å². The third-order valence-corrected chi connectivity index (χ3v) is 12.5. The number of carbonyl (C=O) groups is 1. The van der Waals surface area contributed by atoms with E-state index in [1.54, 1.807) is 0 Å². The molecule has 5 rings (SSSR count). The number of carbonyl (C=O) groups excluding carboxylic acids is 1. The molecular formula is C26H30O4Si. The summed E-state index contributed by atoms with van der Waals surface area (Å²) in [5.74, 6) is -0.310. The van der Waals surface area contributed by atoms with E-state index < -0.39 is 20.0 Å². The highest BCUT2D eigenvalue weighted by atomic mass is 28.4. The summed E-state index contributed by atoms with van der Waals surface area (Å²) in [5.41, 5.74) is -1.47. The molecule has 0 unspecified atom stereocenters. The second-order valence-electron chi connectivity index (χ2n) is 10.0. The van der Waals surface area contributed by atoms with Crippen molar-refractivity contribution in [3.05, 3.63) is 72.8 Å². The lowest BCUT2D eigenvalue weighted by atomic mass is 9.75. The summed E-state index contributed by atoms with van der Waals surface area (Å²) >= 11 is 0. The van der Waals surface area contributed by atoms with Crippen LogP contribution in [0.25, 0.3) is 0 Å². The maximum absolute atomic E-state index is 13.6. The fraction of sp³-hybridized carbons (Fsp3) is 0.423. The van der Waals surface area contributed by atoms with Gasteiger partial charge in [0.15, 0.2) is 5.60 Å². The predicted octanol–water partition coefficient (Wildman–Crippen LogP) is 3.59. The first-order valence-electron chi connectivity index (χ1n) is 11.1. The molecular weight excluding hydrogens is 404 g/mol. The summed E-state index contributed by atoms with van der Waals surface area (Å²) in [5, 5.41) is 2.07. The lowest BCUT2D eigenvalue weighted by Crippen LogP contribution is -2.73. The van der Waals surface area contributed by atoms with Gasteiger partial charge in [0.1, 0.15) is 6.10 Å². The zero-order valence-electron chi connectivity index (χ0n) is 18.6. The van der Waals surface area contributed by atoms with E-state index in [2.05, 4.69) is 75.4 Å². The standard InChI is InChI=1S/C26H30O4Si/c1-24(2,3)31(19-11-7-5-8-12-19,20-13-9-6-10-14-20)30-26(23(27)28-4)22-16-15-21(29-22)25(26)17-18-25/h5-16,21-22H,17-18H2,1-4H3/t21-,22+,26+/m0/s1. The van der Waals surface area contributed by atoms with Crippen LogP contribution in [-0.4, -0.2) is 39.2 Å². The first kappa shape index (κ1) is 20.7. The van der Waals surface area contributed by atoms with Crippen LogP contribution in [0.2, 0.25) is 5.04 Å². The molecule has 31 heavy (non-hydrogen) atoms.